The number of hydrogen-bond acceptors (Lipinski definition) is 4. The molecule has 4 nitrogen and oxygen atoms in total. The molecule has 0 saturated carbocycles. The average molecular weight is 380 g/mol. The van der Waals surface area contributed by atoms with E-state index in [0.717, 1.165) is 5.70 Å². The van der Waals surface area contributed by atoms with E-state index in [4.69, 9.17) is 0 Å². The predicted octanol–water partition coefficient (Wildman–Crippen LogP) is 4.74. The molecule has 2 aromatic rings. The molecular formula is C14H10F6N4S. The van der Waals surface area contributed by atoms with Gasteiger partial charge in [-0.15, -0.1) is 0 Å². The quantitative estimate of drug-likeness (QED) is 0.603. The maximum absolute atomic E-state index is 13.0. The second-order valence-electron chi connectivity index (χ2n) is 5.15. The minimum atomic E-state index is -4.97. The molecule has 3 rings (SSSR count). The Balaban J connectivity index is 1.97. The van der Waals surface area contributed by atoms with Crippen LogP contribution in [0.25, 0.3) is 5.69 Å². The Morgan fingerprint density at radius 3 is 2.04 bits per heavy atom. The maximum Gasteiger partial charge on any atom is 0.435 e. The van der Waals surface area contributed by atoms with Gasteiger partial charge in [0.2, 0.25) is 0 Å². The summed E-state index contributed by atoms with van der Waals surface area (Å²) in [5.74, 6) is 0. The van der Waals surface area contributed by atoms with Crippen molar-refractivity contribution < 1.29 is 26.3 Å². The highest BCUT2D eigenvalue weighted by Crippen LogP contribution is 2.37. The van der Waals surface area contributed by atoms with Gasteiger partial charge in [-0.2, -0.15) is 31.4 Å². The van der Waals surface area contributed by atoms with Crippen LogP contribution in [0, 0.1) is 0 Å². The number of allylic oxidation sites excluding steroid dienone is 1. The van der Waals surface area contributed by atoms with Gasteiger partial charge in [-0.05, 0) is 31.2 Å². The molecule has 25 heavy (non-hydrogen) atoms. The van der Waals surface area contributed by atoms with Crippen LogP contribution in [0.3, 0.4) is 0 Å². The van der Waals surface area contributed by atoms with Crippen LogP contribution in [-0.4, -0.2) is 9.78 Å². The fourth-order valence-corrected chi connectivity index (χ4v) is 2.87. The van der Waals surface area contributed by atoms with Crippen LogP contribution >= 0.6 is 11.9 Å². The van der Waals surface area contributed by atoms with Gasteiger partial charge in [0, 0.05) is 29.1 Å². The van der Waals surface area contributed by atoms with Crippen molar-refractivity contribution in [3.63, 3.8) is 0 Å². The van der Waals surface area contributed by atoms with Gasteiger partial charge in [0.15, 0.2) is 5.69 Å². The van der Waals surface area contributed by atoms with Gasteiger partial charge >= 0.3 is 12.4 Å². The Hall–Kier alpha value is -2.30. The van der Waals surface area contributed by atoms with Crippen LogP contribution in [-0.2, 0) is 12.4 Å². The zero-order valence-electron chi connectivity index (χ0n) is 12.5. The number of rotatable bonds is 2. The van der Waals surface area contributed by atoms with Crippen LogP contribution < -0.4 is 9.84 Å². The fourth-order valence-electron chi connectivity index (χ4n) is 2.12. The molecule has 0 aliphatic carbocycles. The van der Waals surface area contributed by atoms with Gasteiger partial charge < -0.3 is 0 Å². The van der Waals surface area contributed by atoms with E-state index in [1.54, 1.807) is 4.41 Å². The van der Waals surface area contributed by atoms with Crippen LogP contribution in [0.15, 0.2) is 41.4 Å². The van der Waals surface area contributed by atoms with E-state index < -0.39 is 23.7 Å². The number of hydrazine groups is 1. The third-order valence-electron chi connectivity index (χ3n) is 3.23. The number of nitrogens with one attached hydrogen (secondary N) is 1. The molecule has 0 fully saturated rings. The summed E-state index contributed by atoms with van der Waals surface area (Å²) in [7, 11) is 0. The van der Waals surface area contributed by atoms with E-state index in [0.29, 0.717) is 5.69 Å². The van der Waals surface area contributed by atoms with Gasteiger partial charge in [0.25, 0.3) is 0 Å². The van der Waals surface area contributed by atoms with Crippen molar-refractivity contribution in [2.24, 2.45) is 0 Å². The molecule has 134 valence electrons. The van der Waals surface area contributed by atoms with Crippen molar-refractivity contribution >= 4 is 17.6 Å². The lowest BCUT2D eigenvalue weighted by molar-refractivity contribution is -0.143. The highest BCUT2D eigenvalue weighted by molar-refractivity contribution is 8.03. The summed E-state index contributed by atoms with van der Waals surface area (Å²) in [5, 5.41) is 4.92. The molecule has 1 aliphatic rings. The van der Waals surface area contributed by atoms with E-state index in [2.05, 4.69) is 10.5 Å². The van der Waals surface area contributed by atoms with E-state index in [1.165, 1.54) is 36.2 Å². The topological polar surface area (TPSA) is 33.1 Å². The maximum atomic E-state index is 13.0. The molecule has 0 unspecified atom stereocenters. The summed E-state index contributed by atoms with van der Waals surface area (Å²) in [4.78, 5) is 0. The predicted molar refractivity (Wildman–Crippen MR) is 80.5 cm³/mol. The second-order valence-corrected chi connectivity index (χ2v) is 5.96. The average Bonchev–Trinajstić information content (AvgIpc) is 3.13. The lowest BCUT2D eigenvalue weighted by Crippen LogP contribution is -2.25. The van der Waals surface area contributed by atoms with Gasteiger partial charge in [-0.3, -0.25) is 5.43 Å². The Labute approximate surface area is 142 Å². The minimum absolute atomic E-state index is 0.000924. The smallest absolute Gasteiger partial charge is 0.292 e. The first-order valence-electron chi connectivity index (χ1n) is 6.81. The molecule has 0 radical (unpaired) electrons. The monoisotopic (exact) mass is 380 g/mol. The normalized spacial score (nSPS) is 15.3. The summed E-state index contributed by atoms with van der Waals surface area (Å²) in [5.41, 5.74) is 1.29. The van der Waals surface area contributed by atoms with Crippen molar-refractivity contribution in [3.8, 4) is 5.69 Å². The number of benzene rings is 1. The Morgan fingerprint density at radius 2 is 1.56 bits per heavy atom. The van der Waals surface area contributed by atoms with Crippen molar-refractivity contribution in [1.29, 1.82) is 0 Å². The number of hydrogen-bond donors (Lipinski definition) is 1. The number of aromatic nitrogens is 2. The van der Waals surface area contributed by atoms with Gasteiger partial charge in [-0.25, -0.2) is 9.10 Å². The zero-order chi connectivity index (χ0) is 18.4. The highest BCUT2D eigenvalue weighted by atomic mass is 32.2. The Bertz CT molecular complexity index is 806. The third-order valence-corrected chi connectivity index (χ3v) is 4.20. The van der Waals surface area contributed by atoms with Crippen LogP contribution in [0.5, 0.6) is 0 Å². The lowest BCUT2D eigenvalue weighted by atomic mass is 10.2. The van der Waals surface area contributed by atoms with Crippen molar-refractivity contribution in [2.45, 2.75) is 19.3 Å². The molecule has 0 bridgehead atoms. The molecule has 1 N–H and O–H groups in total. The highest BCUT2D eigenvalue weighted by Gasteiger charge is 2.42. The fraction of sp³-hybridized carbons (Fsp3) is 0.214. The lowest BCUT2D eigenvalue weighted by Gasteiger charge is -2.18. The molecule has 1 aromatic heterocycles. The molecule has 1 aromatic carbocycles. The van der Waals surface area contributed by atoms with Crippen LogP contribution in [0.1, 0.15) is 18.3 Å². The van der Waals surface area contributed by atoms with Gasteiger partial charge in [0.1, 0.15) is 5.69 Å². The Kier molecular flexibility index (Phi) is 4.13. The zero-order valence-corrected chi connectivity index (χ0v) is 13.3. The summed E-state index contributed by atoms with van der Waals surface area (Å²) in [6.07, 6.45) is -9.94. The van der Waals surface area contributed by atoms with E-state index >= 15 is 0 Å². The summed E-state index contributed by atoms with van der Waals surface area (Å²) < 4.78 is 79.2. The summed E-state index contributed by atoms with van der Waals surface area (Å²) in [6.45, 7) is 1.83. The minimum Gasteiger partial charge on any atom is -0.292 e. The number of alkyl halides is 6. The van der Waals surface area contributed by atoms with Crippen LogP contribution in [0.4, 0.5) is 32.0 Å². The second kappa shape index (κ2) is 5.90. The first-order valence-corrected chi connectivity index (χ1v) is 7.64. The molecular weight excluding hydrogens is 370 g/mol. The first kappa shape index (κ1) is 17.5. The van der Waals surface area contributed by atoms with Crippen LogP contribution in [0.2, 0.25) is 0 Å². The van der Waals surface area contributed by atoms with Crippen molar-refractivity contribution in [2.75, 3.05) is 4.41 Å². The number of nitrogens with zero attached hydrogens (tertiary/aromatic N) is 3. The number of halogens is 6. The number of anilines is 1. The van der Waals surface area contributed by atoms with Crippen molar-refractivity contribution in [3.05, 3.63) is 52.8 Å². The summed E-state index contributed by atoms with van der Waals surface area (Å²) in [6, 6.07) is 5.51. The van der Waals surface area contributed by atoms with E-state index in [-0.39, 0.29) is 16.4 Å². The van der Waals surface area contributed by atoms with Gasteiger partial charge in [0.05, 0.1) is 11.4 Å². The summed E-state index contributed by atoms with van der Waals surface area (Å²) >= 11 is 1.33. The molecule has 0 atom stereocenters. The molecule has 0 saturated heterocycles. The standard InChI is InChI=1S/C14H10F6N4S/c1-8-7-25-24(21-8)10-4-2-9(3-5-10)23-12(14(18,19)20)6-11(22-23)13(15,16)17/h2-7,21H,1H3. The van der Waals surface area contributed by atoms with E-state index in [9.17, 15) is 26.3 Å². The molecule has 11 heteroatoms. The third kappa shape index (κ3) is 3.55. The molecule has 0 amide bonds. The van der Waals surface area contributed by atoms with E-state index in [1.807, 2.05) is 12.3 Å². The molecule has 0 spiro atoms. The molecule has 1 aliphatic heterocycles. The molecule has 2 heterocycles. The largest absolute Gasteiger partial charge is 0.435 e. The van der Waals surface area contributed by atoms with Crippen molar-refractivity contribution in [1.82, 2.24) is 15.2 Å². The SMILES string of the molecule is CC1=CSN(c2ccc(-n3nc(C(F)(F)F)cc3C(F)(F)F)cc2)N1. The Morgan fingerprint density at radius 1 is 0.960 bits per heavy atom. The van der Waals surface area contributed by atoms with Gasteiger partial charge in [-0.1, -0.05) is 0 Å². The first-order chi connectivity index (χ1) is 11.6.